The Balaban J connectivity index is 2.12. The second-order valence-corrected chi connectivity index (χ2v) is 8.36. The van der Waals surface area contributed by atoms with Crippen LogP contribution in [-0.2, 0) is 16.0 Å². The first-order valence-electron chi connectivity index (χ1n) is 9.22. The van der Waals surface area contributed by atoms with E-state index in [1.54, 1.807) is 0 Å². The Morgan fingerprint density at radius 1 is 1.04 bits per heavy atom. The second kappa shape index (κ2) is 12.1. The van der Waals surface area contributed by atoms with Gasteiger partial charge in [0.25, 0.3) is 0 Å². The molecule has 0 saturated heterocycles. The van der Waals surface area contributed by atoms with Gasteiger partial charge < -0.3 is 15.4 Å². The minimum atomic E-state index is -0.476. The molecule has 0 atom stereocenters. The summed E-state index contributed by atoms with van der Waals surface area (Å²) >= 11 is 2.38. The van der Waals surface area contributed by atoms with Crippen molar-refractivity contribution in [2.24, 2.45) is 0 Å². The van der Waals surface area contributed by atoms with E-state index in [2.05, 4.69) is 45.4 Å². The average molecular weight is 474 g/mol. The SMILES string of the molecule is CC(C)(C)OC(=O)NCCCCCC(=O)Nc1ccc(CCCI)cc1. The van der Waals surface area contributed by atoms with Crippen LogP contribution in [0.5, 0.6) is 0 Å². The van der Waals surface area contributed by atoms with Crippen molar-refractivity contribution in [2.45, 2.75) is 64.9 Å². The number of nitrogens with one attached hydrogen (secondary N) is 2. The van der Waals surface area contributed by atoms with E-state index in [1.165, 1.54) is 12.0 Å². The van der Waals surface area contributed by atoms with E-state index < -0.39 is 11.7 Å². The van der Waals surface area contributed by atoms with Gasteiger partial charge >= 0.3 is 6.09 Å². The zero-order chi connectivity index (χ0) is 19.4. The minimum absolute atomic E-state index is 0.0325. The number of hydrogen-bond acceptors (Lipinski definition) is 3. The summed E-state index contributed by atoms with van der Waals surface area (Å²) in [5.74, 6) is 0.0325. The van der Waals surface area contributed by atoms with E-state index in [4.69, 9.17) is 4.74 Å². The van der Waals surface area contributed by atoms with E-state index in [1.807, 2.05) is 32.9 Å². The van der Waals surface area contributed by atoms with Crippen molar-refractivity contribution in [2.75, 3.05) is 16.3 Å². The van der Waals surface area contributed by atoms with E-state index in [-0.39, 0.29) is 5.91 Å². The highest BCUT2D eigenvalue weighted by Crippen LogP contribution is 2.13. The number of benzene rings is 1. The van der Waals surface area contributed by atoms with E-state index >= 15 is 0 Å². The number of alkyl carbamates (subject to hydrolysis) is 1. The van der Waals surface area contributed by atoms with Gasteiger partial charge in [-0.25, -0.2) is 4.79 Å². The van der Waals surface area contributed by atoms with Gasteiger partial charge in [-0.15, -0.1) is 0 Å². The van der Waals surface area contributed by atoms with Crippen molar-refractivity contribution >= 4 is 40.3 Å². The fraction of sp³-hybridized carbons (Fsp3) is 0.600. The van der Waals surface area contributed by atoms with Gasteiger partial charge in [0.1, 0.15) is 5.60 Å². The summed E-state index contributed by atoms with van der Waals surface area (Å²) in [4.78, 5) is 23.5. The van der Waals surface area contributed by atoms with Gasteiger partial charge in [-0.3, -0.25) is 4.79 Å². The molecule has 0 aromatic heterocycles. The normalized spacial score (nSPS) is 11.1. The highest BCUT2D eigenvalue weighted by Gasteiger charge is 2.15. The van der Waals surface area contributed by atoms with Crippen LogP contribution >= 0.6 is 22.6 Å². The first-order chi connectivity index (χ1) is 12.3. The van der Waals surface area contributed by atoms with Gasteiger partial charge in [-0.05, 0) is 68.6 Å². The van der Waals surface area contributed by atoms with Crippen LogP contribution in [0.2, 0.25) is 0 Å². The number of anilines is 1. The lowest BCUT2D eigenvalue weighted by Crippen LogP contribution is -2.33. The Morgan fingerprint density at radius 3 is 2.35 bits per heavy atom. The van der Waals surface area contributed by atoms with Gasteiger partial charge in [0.05, 0.1) is 0 Å². The van der Waals surface area contributed by atoms with Crippen molar-refractivity contribution in [1.82, 2.24) is 5.32 Å². The molecule has 2 amide bonds. The number of hydrogen-bond donors (Lipinski definition) is 2. The third-order valence-electron chi connectivity index (χ3n) is 3.59. The molecule has 1 aromatic rings. The summed E-state index contributed by atoms with van der Waals surface area (Å²) in [5, 5.41) is 5.65. The number of unbranched alkanes of at least 4 members (excludes halogenated alkanes) is 2. The van der Waals surface area contributed by atoms with Gasteiger partial charge in [-0.1, -0.05) is 41.1 Å². The lowest BCUT2D eigenvalue weighted by molar-refractivity contribution is -0.116. The second-order valence-electron chi connectivity index (χ2n) is 7.28. The van der Waals surface area contributed by atoms with Gasteiger partial charge in [0, 0.05) is 18.7 Å². The van der Waals surface area contributed by atoms with E-state index in [0.29, 0.717) is 13.0 Å². The first-order valence-corrected chi connectivity index (χ1v) is 10.7. The molecule has 2 N–H and O–H groups in total. The Morgan fingerprint density at radius 2 is 1.73 bits per heavy atom. The maximum Gasteiger partial charge on any atom is 0.407 e. The number of rotatable bonds is 10. The zero-order valence-corrected chi connectivity index (χ0v) is 18.2. The molecule has 0 radical (unpaired) electrons. The fourth-order valence-electron chi connectivity index (χ4n) is 2.34. The van der Waals surface area contributed by atoms with Crippen LogP contribution in [0.25, 0.3) is 0 Å². The molecule has 0 unspecified atom stereocenters. The predicted octanol–water partition coefficient (Wildman–Crippen LogP) is 5.08. The maximum absolute atomic E-state index is 12.0. The quantitative estimate of drug-likeness (QED) is 0.283. The molecule has 0 heterocycles. The van der Waals surface area contributed by atoms with Crippen molar-refractivity contribution < 1.29 is 14.3 Å². The van der Waals surface area contributed by atoms with Crippen LogP contribution in [0.1, 0.15) is 58.4 Å². The van der Waals surface area contributed by atoms with Crippen molar-refractivity contribution in [1.29, 1.82) is 0 Å². The third-order valence-corrected chi connectivity index (χ3v) is 4.35. The number of carbonyl (C=O) groups is 2. The Bertz CT molecular complexity index is 553. The van der Waals surface area contributed by atoms with Gasteiger partial charge in [0.2, 0.25) is 5.91 Å². The van der Waals surface area contributed by atoms with Crippen molar-refractivity contribution in [3.8, 4) is 0 Å². The topological polar surface area (TPSA) is 67.4 Å². The highest BCUT2D eigenvalue weighted by atomic mass is 127. The fourth-order valence-corrected chi connectivity index (χ4v) is 2.72. The van der Waals surface area contributed by atoms with Crippen molar-refractivity contribution in [3.63, 3.8) is 0 Å². The molecule has 5 nitrogen and oxygen atoms in total. The Labute approximate surface area is 170 Å². The number of aryl methyl sites for hydroxylation is 1. The van der Waals surface area contributed by atoms with Crippen LogP contribution < -0.4 is 10.6 Å². The summed E-state index contributed by atoms with van der Waals surface area (Å²) in [6.45, 7) is 6.08. The van der Waals surface area contributed by atoms with Crippen LogP contribution in [0.3, 0.4) is 0 Å². The maximum atomic E-state index is 12.0. The van der Waals surface area contributed by atoms with E-state index in [9.17, 15) is 9.59 Å². The molecule has 1 aromatic carbocycles. The van der Waals surface area contributed by atoms with Crippen LogP contribution in [0, 0.1) is 0 Å². The van der Waals surface area contributed by atoms with Gasteiger partial charge in [0.15, 0.2) is 0 Å². The van der Waals surface area contributed by atoms with Crippen LogP contribution in [0.15, 0.2) is 24.3 Å². The lowest BCUT2D eigenvalue weighted by atomic mass is 10.1. The molecule has 146 valence electrons. The highest BCUT2D eigenvalue weighted by molar-refractivity contribution is 14.1. The predicted molar refractivity (Wildman–Crippen MR) is 115 cm³/mol. The number of halogens is 1. The van der Waals surface area contributed by atoms with E-state index in [0.717, 1.165) is 35.8 Å². The summed E-state index contributed by atoms with van der Waals surface area (Å²) in [6.07, 6.45) is 4.87. The largest absolute Gasteiger partial charge is 0.444 e. The number of ether oxygens (including phenoxy) is 1. The smallest absolute Gasteiger partial charge is 0.407 e. The molecule has 0 bridgehead atoms. The molecular weight excluding hydrogens is 443 g/mol. The number of carbonyl (C=O) groups excluding carboxylic acids is 2. The third kappa shape index (κ3) is 11.3. The average Bonchev–Trinajstić information content (AvgIpc) is 2.55. The minimum Gasteiger partial charge on any atom is -0.444 e. The molecule has 0 aliphatic heterocycles. The summed E-state index contributed by atoms with van der Waals surface area (Å²) < 4.78 is 6.32. The molecule has 0 saturated carbocycles. The summed E-state index contributed by atoms with van der Waals surface area (Å²) in [6, 6.07) is 8.07. The zero-order valence-electron chi connectivity index (χ0n) is 16.1. The number of amides is 2. The summed E-state index contributed by atoms with van der Waals surface area (Å²) in [7, 11) is 0. The standard InChI is InChI=1S/C20H31IN2O3/c1-20(2,3)26-19(25)22-15-6-4-5-9-18(24)23-17-12-10-16(11-13-17)8-7-14-21/h10-13H,4-9,14-15H2,1-3H3,(H,22,25)(H,23,24). The number of alkyl halides is 1. The molecular formula is C20H31IN2O3. The first kappa shape index (κ1) is 22.7. The molecule has 0 aliphatic carbocycles. The molecule has 0 fully saturated rings. The molecule has 0 spiro atoms. The Hall–Kier alpha value is -1.31. The molecule has 26 heavy (non-hydrogen) atoms. The molecule has 1 rings (SSSR count). The summed E-state index contributed by atoms with van der Waals surface area (Å²) in [5.41, 5.74) is 1.67. The molecule has 0 aliphatic rings. The van der Waals surface area contributed by atoms with Crippen LogP contribution in [-0.4, -0.2) is 28.6 Å². The Kier molecular flexibility index (Phi) is 10.6. The lowest BCUT2D eigenvalue weighted by Gasteiger charge is -2.19. The monoisotopic (exact) mass is 474 g/mol. The van der Waals surface area contributed by atoms with Gasteiger partial charge in [-0.2, -0.15) is 0 Å². The van der Waals surface area contributed by atoms with Crippen LogP contribution in [0.4, 0.5) is 10.5 Å². The van der Waals surface area contributed by atoms with Crippen molar-refractivity contribution in [3.05, 3.63) is 29.8 Å². The molecule has 6 heteroatoms.